The SMILES string of the molecule is N#CC(c1cccnc1)N1CCOCC1. The Hall–Kier alpha value is -1.44. The Morgan fingerprint density at radius 2 is 2.27 bits per heavy atom. The largest absolute Gasteiger partial charge is 0.379 e. The van der Waals surface area contributed by atoms with Crippen LogP contribution in [-0.2, 0) is 4.74 Å². The van der Waals surface area contributed by atoms with E-state index in [-0.39, 0.29) is 6.04 Å². The van der Waals surface area contributed by atoms with E-state index in [2.05, 4.69) is 16.0 Å². The highest BCUT2D eigenvalue weighted by Crippen LogP contribution is 2.19. The lowest BCUT2D eigenvalue weighted by Gasteiger charge is -2.30. The molecule has 2 heterocycles. The quantitative estimate of drug-likeness (QED) is 0.719. The second-order valence-corrected chi connectivity index (χ2v) is 3.47. The van der Waals surface area contributed by atoms with E-state index in [1.54, 1.807) is 12.4 Å². The van der Waals surface area contributed by atoms with Gasteiger partial charge in [-0.15, -0.1) is 0 Å². The second kappa shape index (κ2) is 4.87. The van der Waals surface area contributed by atoms with Gasteiger partial charge in [0, 0.05) is 31.0 Å². The summed E-state index contributed by atoms with van der Waals surface area (Å²) in [5.74, 6) is 0. The topological polar surface area (TPSA) is 49.2 Å². The van der Waals surface area contributed by atoms with Crippen LogP contribution in [0.3, 0.4) is 0 Å². The normalized spacial score (nSPS) is 19.4. The summed E-state index contributed by atoms with van der Waals surface area (Å²) in [7, 11) is 0. The molecule has 0 amide bonds. The molecule has 78 valence electrons. The zero-order chi connectivity index (χ0) is 10.5. The molecule has 1 atom stereocenters. The summed E-state index contributed by atoms with van der Waals surface area (Å²) in [5.41, 5.74) is 0.960. The lowest BCUT2D eigenvalue weighted by atomic mass is 10.1. The van der Waals surface area contributed by atoms with E-state index in [1.165, 1.54) is 0 Å². The number of aromatic nitrogens is 1. The molecule has 0 saturated carbocycles. The summed E-state index contributed by atoms with van der Waals surface area (Å²) in [6.07, 6.45) is 3.47. The van der Waals surface area contributed by atoms with Crippen molar-refractivity contribution >= 4 is 0 Å². The number of nitriles is 1. The predicted molar refractivity (Wildman–Crippen MR) is 55.0 cm³/mol. The first-order valence-corrected chi connectivity index (χ1v) is 5.03. The molecule has 0 bridgehead atoms. The summed E-state index contributed by atoms with van der Waals surface area (Å²) in [5, 5.41) is 9.17. The van der Waals surface area contributed by atoms with Crippen LogP contribution in [0.15, 0.2) is 24.5 Å². The van der Waals surface area contributed by atoms with Crippen LogP contribution in [-0.4, -0.2) is 36.2 Å². The van der Waals surface area contributed by atoms with E-state index in [0.29, 0.717) is 13.2 Å². The first-order valence-electron chi connectivity index (χ1n) is 5.03. The van der Waals surface area contributed by atoms with Gasteiger partial charge in [0.1, 0.15) is 6.04 Å². The minimum absolute atomic E-state index is 0.192. The van der Waals surface area contributed by atoms with Crippen molar-refractivity contribution in [1.82, 2.24) is 9.88 Å². The number of pyridine rings is 1. The van der Waals surface area contributed by atoms with Crippen molar-refractivity contribution < 1.29 is 4.74 Å². The third kappa shape index (κ3) is 2.32. The molecule has 0 aliphatic carbocycles. The van der Waals surface area contributed by atoms with E-state index >= 15 is 0 Å². The summed E-state index contributed by atoms with van der Waals surface area (Å²) in [4.78, 5) is 6.16. The minimum Gasteiger partial charge on any atom is -0.379 e. The van der Waals surface area contributed by atoms with E-state index in [1.807, 2.05) is 12.1 Å². The molecule has 1 saturated heterocycles. The van der Waals surface area contributed by atoms with E-state index < -0.39 is 0 Å². The first kappa shape index (κ1) is 10.1. The fourth-order valence-electron chi connectivity index (χ4n) is 1.74. The lowest BCUT2D eigenvalue weighted by Crippen LogP contribution is -2.38. The molecule has 15 heavy (non-hydrogen) atoms. The van der Waals surface area contributed by atoms with Crippen molar-refractivity contribution in [1.29, 1.82) is 5.26 Å². The zero-order valence-electron chi connectivity index (χ0n) is 8.47. The molecule has 2 rings (SSSR count). The number of rotatable bonds is 2. The van der Waals surface area contributed by atoms with E-state index in [9.17, 15) is 5.26 Å². The fourth-order valence-corrected chi connectivity index (χ4v) is 1.74. The molecule has 4 heteroatoms. The predicted octanol–water partition coefficient (Wildman–Crippen LogP) is 0.978. The smallest absolute Gasteiger partial charge is 0.125 e. The Bertz CT molecular complexity index is 341. The molecule has 1 unspecified atom stereocenters. The van der Waals surface area contributed by atoms with Crippen LogP contribution in [0.5, 0.6) is 0 Å². The third-order valence-electron chi connectivity index (χ3n) is 2.53. The van der Waals surface area contributed by atoms with Gasteiger partial charge in [-0.05, 0) is 6.07 Å². The molecule has 1 aliphatic heterocycles. The summed E-state index contributed by atoms with van der Waals surface area (Å²) in [6, 6.07) is 5.93. The minimum atomic E-state index is -0.192. The highest BCUT2D eigenvalue weighted by atomic mass is 16.5. The Morgan fingerprint density at radius 3 is 2.87 bits per heavy atom. The van der Waals surface area contributed by atoms with Gasteiger partial charge in [0.25, 0.3) is 0 Å². The van der Waals surface area contributed by atoms with Crippen molar-refractivity contribution in [3.63, 3.8) is 0 Å². The Balaban J connectivity index is 2.14. The van der Waals surface area contributed by atoms with Crippen LogP contribution in [0, 0.1) is 11.3 Å². The molecule has 4 nitrogen and oxygen atoms in total. The summed E-state index contributed by atoms with van der Waals surface area (Å²) in [6.45, 7) is 3.04. The highest BCUT2D eigenvalue weighted by molar-refractivity contribution is 5.20. The number of hydrogen-bond acceptors (Lipinski definition) is 4. The summed E-state index contributed by atoms with van der Waals surface area (Å²) < 4.78 is 5.26. The van der Waals surface area contributed by atoms with Crippen LogP contribution >= 0.6 is 0 Å². The van der Waals surface area contributed by atoms with Crippen molar-refractivity contribution in [3.05, 3.63) is 30.1 Å². The average molecular weight is 203 g/mol. The van der Waals surface area contributed by atoms with Crippen molar-refractivity contribution in [2.45, 2.75) is 6.04 Å². The van der Waals surface area contributed by atoms with E-state index in [4.69, 9.17) is 4.74 Å². The van der Waals surface area contributed by atoms with E-state index in [0.717, 1.165) is 18.7 Å². The van der Waals surface area contributed by atoms with Crippen LogP contribution < -0.4 is 0 Å². The van der Waals surface area contributed by atoms with Crippen molar-refractivity contribution in [2.75, 3.05) is 26.3 Å². The zero-order valence-corrected chi connectivity index (χ0v) is 8.47. The number of ether oxygens (including phenoxy) is 1. The Morgan fingerprint density at radius 1 is 1.47 bits per heavy atom. The van der Waals surface area contributed by atoms with Crippen LogP contribution in [0.1, 0.15) is 11.6 Å². The molecule has 0 aromatic carbocycles. The van der Waals surface area contributed by atoms with Gasteiger partial charge in [-0.1, -0.05) is 6.07 Å². The maximum atomic E-state index is 9.17. The molecular formula is C11H13N3O. The second-order valence-electron chi connectivity index (χ2n) is 3.47. The number of morpholine rings is 1. The van der Waals surface area contributed by atoms with Crippen molar-refractivity contribution in [3.8, 4) is 6.07 Å². The van der Waals surface area contributed by atoms with Gasteiger partial charge in [-0.3, -0.25) is 9.88 Å². The molecular weight excluding hydrogens is 190 g/mol. The molecule has 0 spiro atoms. The molecule has 1 aromatic rings. The van der Waals surface area contributed by atoms with Crippen LogP contribution in [0.4, 0.5) is 0 Å². The van der Waals surface area contributed by atoms with Crippen LogP contribution in [0.25, 0.3) is 0 Å². The third-order valence-corrected chi connectivity index (χ3v) is 2.53. The van der Waals surface area contributed by atoms with Gasteiger partial charge in [0.2, 0.25) is 0 Å². The van der Waals surface area contributed by atoms with Gasteiger partial charge in [0.15, 0.2) is 0 Å². The fraction of sp³-hybridized carbons (Fsp3) is 0.455. The monoisotopic (exact) mass is 203 g/mol. The maximum Gasteiger partial charge on any atom is 0.125 e. The van der Waals surface area contributed by atoms with Gasteiger partial charge in [-0.2, -0.15) is 5.26 Å². The molecule has 1 aliphatic rings. The van der Waals surface area contributed by atoms with Gasteiger partial charge in [0.05, 0.1) is 19.3 Å². The van der Waals surface area contributed by atoms with Crippen LogP contribution in [0.2, 0.25) is 0 Å². The van der Waals surface area contributed by atoms with Gasteiger partial charge >= 0.3 is 0 Å². The Kier molecular flexibility index (Phi) is 3.28. The molecule has 0 radical (unpaired) electrons. The lowest BCUT2D eigenvalue weighted by molar-refractivity contribution is 0.0266. The highest BCUT2D eigenvalue weighted by Gasteiger charge is 2.21. The first-order chi connectivity index (χ1) is 7.42. The average Bonchev–Trinajstić information content (AvgIpc) is 2.33. The molecule has 1 aromatic heterocycles. The Labute approximate surface area is 89.1 Å². The molecule has 0 N–H and O–H groups in total. The van der Waals surface area contributed by atoms with Gasteiger partial charge in [-0.25, -0.2) is 0 Å². The van der Waals surface area contributed by atoms with Crippen molar-refractivity contribution in [2.24, 2.45) is 0 Å². The number of nitrogens with zero attached hydrogens (tertiary/aromatic N) is 3. The standard InChI is InChI=1S/C11H13N3O/c12-8-11(10-2-1-3-13-9-10)14-4-6-15-7-5-14/h1-3,9,11H,4-7H2. The summed E-state index contributed by atoms with van der Waals surface area (Å²) >= 11 is 0. The maximum absolute atomic E-state index is 9.17. The molecule has 1 fully saturated rings. The van der Waals surface area contributed by atoms with Gasteiger partial charge < -0.3 is 4.74 Å². The number of hydrogen-bond donors (Lipinski definition) is 0.